The van der Waals surface area contributed by atoms with E-state index in [2.05, 4.69) is 0 Å². The summed E-state index contributed by atoms with van der Waals surface area (Å²) in [6.45, 7) is -0.190. The molecule has 0 aliphatic rings. The third-order valence-corrected chi connectivity index (χ3v) is 1.52. The molecular weight excluding hydrogens is 158 g/mol. The van der Waals surface area contributed by atoms with Crippen molar-refractivity contribution < 1.29 is 10.0 Å². The van der Waals surface area contributed by atoms with Gasteiger partial charge in [0.05, 0.1) is 6.61 Å². The van der Waals surface area contributed by atoms with E-state index in [1.165, 1.54) is 0 Å². The first-order valence-electron chi connectivity index (χ1n) is 3.53. The molecule has 0 fully saturated rings. The molecule has 1 aromatic carbocycles. The van der Waals surface area contributed by atoms with Crippen molar-refractivity contribution in [2.45, 2.75) is 13.2 Å². The number of hydrogen-bond acceptors (Lipinski definition) is 3. The number of nitro groups is 1. The maximum Gasteiger partial charge on any atom is 0.228 e. The SMILES string of the molecule is O=[N+]([O-])Cc1ccc(CO)cc1. The van der Waals surface area contributed by atoms with E-state index >= 15 is 0 Å². The minimum Gasteiger partial charge on any atom is -0.392 e. The third-order valence-electron chi connectivity index (χ3n) is 1.52. The monoisotopic (exact) mass is 167 g/mol. The quantitative estimate of drug-likeness (QED) is 0.538. The lowest BCUT2D eigenvalue weighted by atomic mass is 10.1. The Kier molecular flexibility index (Phi) is 2.76. The summed E-state index contributed by atoms with van der Waals surface area (Å²) in [5.41, 5.74) is 1.42. The first-order valence-corrected chi connectivity index (χ1v) is 3.53. The first-order chi connectivity index (χ1) is 5.72. The van der Waals surface area contributed by atoms with E-state index in [0.29, 0.717) is 5.56 Å². The van der Waals surface area contributed by atoms with Crippen molar-refractivity contribution in [3.8, 4) is 0 Å². The molecule has 0 aliphatic carbocycles. The number of hydrogen-bond donors (Lipinski definition) is 1. The first kappa shape index (κ1) is 8.67. The highest BCUT2D eigenvalue weighted by molar-refractivity contribution is 5.21. The number of benzene rings is 1. The average Bonchev–Trinajstić information content (AvgIpc) is 2.05. The van der Waals surface area contributed by atoms with Gasteiger partial charge in [0.15, 0.2) is 0 Å². The van der Waals surface area contributed by atoms with Gasteiger partial charge in [0.1, 0.15) is 0 Å². The van der Waals surface area contributed by atoms with Gasteiger partial charge < -0.3 is 5.11 Å². The Hall–Kier alpha value is -1.42. The molecule has 0 bridgehead atoms. The van der Waals surface area contributed by atoms with Gasteiger partial charge in [-0.2, -0.15) is 0 Å². The summed E-state index contributed by atoms with van der Waals surface area (Å²) in [6.07, 6.45) is 0. The van der Waals surface area contributed by atoms with Crippen LogP contribution in [0.5, 0.6) is 0 Å². The van der Waals surface area contributed by atoms with E-state index in [4.69, 9.17) is 5.11 Å². The van der Waals surface area contributed by atoms with Crippen LogP contribution >= 0.6 is 0 Å². The van der Waals surface area contributed by atoms with Gasteiger partial charge in [0.2, 0.25) is 6.54 Å². The standard InChI is InChI=1S/C8H9NO3/c10-6-8-3-1-7(2-4-8)5-9(11)12/h1-4,10H,5-6H2. The molecule has 1 aromatic rings. The van der Waals surface area contributed by atoms with Crippen LogP contribution < -0.4 is 0 Å². The van der Waals surface area contributed by atoms with Crippen LogP contribution in [-0.2, 0) is 13.2 Å². The van der Waals surface area contributed by atoms with E-state index in [1.807, 2.05) is 0 Å². The van der Waals surface area contributed by atoms with Gasteiger partial charge >= 0.3 is 0 Å². The summed E-state index contributed by atoms with van der Waals surface area (Å²) < 4.78 is 0. The Morgan fingerprint density at radius 2 is 1.75 bits per heavy atom. The van der Waals surface area contributed by atoms with E-state index in [0.717, 1.165) is 5.56 Å². The molecule has 0 radical (unpaired) electrons. The largest absolute Gasteiger partial charge is 0.392 e. The number of aliphatic hydroxyl groups excluding tert-OH is 1. The summed E-state index contributed by atoms with van der Waals surface area (Å²) in [5.74, 6) is 0. The van der Waals surface area contributed by atoms with Crippen LogP contribution in [-0.4, -0.2) is 10.0 Å². The van der Waals surface area contributed by atoms with Crippen molar-refractivity contribution in [1.82, 2.24) is 0 Å². The Morgan fingerprint density at radius 1 is 1.25 bits per heavy atom. The molecule has 4 heteroatoms. The van der Waals surface area contributed by atoms with Crippen LogP contribution in [0.4, 0.5) is 0 Å². The maximum absolute atomic E-state index is 10.1. The Balaban J connectivity index is 2.71. The van der Waals surface area contributed by atoms with Crippen LogP contribution in [0.15, 0.2) is 24.3 Å². The molecule has 0 saturated carbocycles. The molecule has 0 spiro atoms. The second kappa shape index (κ2) is 3.82. The topological polar surface area (TPSA) is 63.4 Å². The van der Waals surface area contributed by atoms with Gasteiger partial charge in [-0.05, 0) is 5.56 Å². The molecule has 64 valence electrons. The van der Waals surface area contributed by atoms with Crippen LogP contribution in [0.1, 0.15) is 11.1 Å². The van der Waals surface area contributed by atoms with Crippen LogP contribution in [0.3, 0.4) is 0 Å². The molecule has 0 aliphatic heterocycles. The molecule has 1 rings (SSSR count). The highest BCUT2D eigenvalue weighted by Crippen LogP contribution is 2.04. The van der Waals surface area contributed by atoms with E-state index < -0.39 is 0 Å². The second-order valence-electron chi connectivity index (χ2n) is 2.47. The molecule has 12 heavy (non-hydrogen) atoms. The summed E-state index contributed by atoms with van der Waals surface area (Å²) >= 11 is 0. The van der Waals surface area contributed by atoms with Gasteiger partial charge in [-0.25, -0.2) is 0 Å². The smallest absolute Gasteiger partial charge is 0.228 e. The van der Waals surface area contributed by atoms with Crippen molar-refractivity contribution >= 4 is 0 Å². The van der Waals surface area contributed by atoms with Crippen LogP contribution in [0.25, 0.3) is 0 Å². The maximum atomic E-state index is 10.1. The van der Waals surface area contributed by atoms with Crippen molar-refractivity contribution in [2.24, 2.45) is 0 Å². The lowest BCUT2D eigenvalue weighted by Crippen LogP contribution is -1.97. The highest BCUT2D eigenvalue weighted by Gasteiger charge is 1.99. The number of nitrogens with zero attached hydrogens (tertiary/aromatic N) is 1. The summed E-state index contributed by atoms with van der Waals surface area (Å²) in [7, 11) is 0. The molecule has 4 nitrogen and oxygen atoms in total. The van der Waals surface area contributed by atoms with Crippen LogP contribution in [0, 0.1) is 10.1 Å². The fourth-order valence-corrected chi connectivity index (χ4v) is 0.899. The predicted molar refractivity (Wildman–Crippen MR) is 43.1 cm³/mol. The Bertz CT molecular complexity index is 268. The zero-order valence-electron chi connectivity index (χ0n) is 6.43. The van der Waals surface area contributed by atoms with Gasteiger partial charge in [-0.3, -0.25) is 10.1 Å². The molecule has 0 aromatic heterocycles. The average molecular weight is 167 g/mol. The Morgan fingerprint density at radius 3 is 2.17 bits per heavy atom. The van der Waals surface area contributed by atoms with E-state index in [9.17, 15) is 10.1 Å². The van der Waals surface area contributed by atoms with Crippen LogP contribution in [0.2, 0.25) is 0 Å². The fraction of sp³-hybridized carbons (Fsp3) is 0.250. The highest BCUT2D eigenvalue weighted by atomic mass is 16.6. The fourth-order valence-electron chi connectivity index (χ4n) is 0.899. The summed E-state index contributed by atoms with van der Waals surface area (Å²) in [6, 6.07) is 6.65. The molecular formula is C8H9NO3. The third kappa shape index (κ3) is 2.32. The van der Waals surface area contributed by atoms with Gasteiger partial charge in [-0.15, -0.1) is 0 Å². The molecule has 0 saturated heterocycles. The molecule has 0 heterocycles. The second-order valence-corrected chi connectivity index (χ2v) is 2.47. The lowest BCUT2D eigenvalue weighted by molar-refractivity contribution is -0.496. The van der Waals surface area contributed by atoms with Gasteiger partial charge in [0.25, 0.3) is 0 Å². The summed E-state index contributed by atoms with van der Waals surface area (Å²) in [4.78, 5) is 9.70. The number of rotatable bonds is 3. The molecule has 0 atom stereocenters. The molecule has 0 amide bonds. The predicted octanol–water partition coefficient (Wildman–Crippen LogP) is 0.956. The molecule has 0 unspecified atom stereocenters. The molecule has 1 N–H and O–H groups in total. The van der Waals surface area contributed by atoms with Crippen molar-refractivity contribution in [3.05, 3.63) is 45.5 Å². The van der Waals surface area contributed by atoms with Gasteiger partial charge in [0, 0.05) is 10.5 Å². The van der Waals surface area contributed by atoms with Crippen molar-refractivity contribution in [2.75, 3.05) is 0 Å². The zero-order chi connectivity index (χ0) is 8.97. The minimum absolute atomic E-state index is 0.0290. The van der Waals surface area contributed by atoms with Crippen molar-refractivity contribution in [3.63, 3.8) is 0 Å². The van der Waals surface area contributed by atoms with E-state index in [-0.39, 0.29) is 18.1 Å². The zero-order valence-corrected chi connectivity index (χ0v) is 6.43. The van der Waals surface area contributed by atoms with E-state index in [1.54, 1.807) is 24.3 Å². The minimum atomic E-state index is -0.381. The normalized spacial score (nSPS) is 9.75. The Labute approximate surface area is 69.6 Å². The summed E-state index contributed by atoms with van der Waals surface area (Å²) in [5, 5.41) is 18.8. The van der Waals surface area contributed by atoms with Gasteiger partial charge in [-0.1, -0.05) is 24.3 Å². The van der Waals surface area contributed by atoms with Crippen molar-refractivity contribution in [1.29, 1.82) is 0 Å². The number of aliphatic hydroxyl groups is 1. The lowest BCUT2D eigenvalue weighted by Gasteiger charge is -1.96.